The lowest BCUT2D eigenvalue weighted by atomic mass is 10.2. The van der Waals surface area contributed by atoms with Crippen LogP contribution in [0.5, 0.6) is 5.75 Å². The highest BCUT2D eigenvalue weighted by Crippen LogP contribution is 2.42. The van der Waals surface area contributed by atoms with E-state index in [-0.39, 0.29) is 16.8 Å². The van der Waals surface area contributed by atoms with E-state index in [1.807, 2.05) is 12.1 Å². The Kier molecular flexibility index (Phi) is 3.62. The lowest BCUT2D eigenvalue weighted by Gasteiger charge is -2.14. The number of phenols is 1. The van der Waals surface area contributed by atoms with E-state index in [4.69, 9.17) is 5.21 Å². The van der Waals surface area contributed by atoms with Gasteiger partial charge < -0.3 is 15.7 Å². The summed E-state index contributed by atoms with van der Waals surface area (Å²) in [5.74, 6) is 0.806. The molecule has 1 aliphatic rings. The van der Waals surface area contributed by atoms with Crippen LogP contribution >= 0.6 is 11.8 Å². The molecule has 2 heterocycles. The summed E-state index contributed by atoms with van der Waals surface area (Å²) < 4.78 is 1.75. The number of thioether (sulfide) groups is 1. The molecule has 24 heavy (non-hydrogen) atoms. The fourth-order valence-electron chi connectivity index (χ4n) is 2.50. The largest absolute Gasteiger partial charge is 0.595 e. The van der Waals surface area contributed by atoms with Gasteiger partial charge in [-0.1, -0.05) is 30.0 Å². The number of hydrogen-bond donors (Lipinski definition) is 4. The van der Waals surface area contributed by atoms with Crippen LogP contribution in [0, 0.1) is 5.21 Å². The molecule has 0 radical (unpaired) electrons. The van der Waals surface area contributed by atoms with E-state index in [2.05, 4.69) is 15.6 Å². The number of aromatic hydroxyl groups is 1. The summed E-state index contributed by atoms with van der Waals surface area (Å²) >= 11 is 1.45. The van der Waals surface area contributed by atoms with Crippen LogP contribution in [0.4, 0.5) is 5.69 Å². The first-order chi connectivity index (χ1) is 11.6. The van der Waals surface area contributed by atoms with Gasteiger partial charge in [0.05, 0.1) is 0 Å². The number of aromatic nitrogens is 3. The number of quaternary nitrogens is 1. The van der Waals surface area contributed by atoms with Crippen LogP contribution in [0.1, 0.15) is 10.9 Å². The molecule has 9 heteroatoms. The van der Waals surface area contributed by atoms with E-state index in [9.17, 15) is 10.3 Å². The second-order valence-electron chi connectivity index (χ2n) is 5.21. The van der Waals surface area contributed by atoms with Crippen LogP contribution in [-0.4, -0.2) is 25.2 Å². The number of nitrogens with one attached hydrogen (secondary N) is 2. The van der Waals surface area contributed by atoms with E-state index >= 15 is 0 Å². The highest BCUT2D eigenvalue weighted by atomic mass is 32.2. The lowest BCUT2D eigenvalue weighted by molar-refractivity contribution is -0.991. The molecule has 0 fully saturated rings. The molecule has 1 unspecified atom stereocenters. The summed E-state index contributed by atoms with van der Waals surface area (Å²) in [6.45, 7) is 0. The minimum Gasteiger partial charge on any atom is -0.595 e. The van der Waals surface area contributed by atoms with Crippen molar-refractivity contribution in [2.45, 2.75) is 10.5 Å². The second kappa shape index (κ2) is 5.80. The number of benzene rings is 2. The maximum atomic E-state index is 10.9. The summed E-state index contributed by atoms with van der Waals surface area (Å²) in [4.78, 5) is 0. The molecule has 122 valence electrons. The first-order valence-electron chi connectivity index (χ1n) is 7.14. The quantitative estimate of drug-likeness (QED) is 0.532. The molecule has 0 amide bonds. The first kappa shape index (κ1) is 15.0. The van der Waals surface area contributed by atoms with Crippen LogP contribution in [0.2, 0.25) is 0 Å². The molecule has 2 aromatic carbocycles. The fraction of sp³-hybridized carbons (Fsp3) is 0.0667. The molecule has 2 atom stereocenters. The monoisotopic (exact) mass is 343 g/mol. The fourth-order valence-corrected chi connectivity index (χ4v) is 3.53. The SMILES string of the molecule is [O-][NH+](O)c1ccc(-c2nnc3n2N[C@H](c2ccccc2O)S3)cc1. The molecule has 1 aromatic heterocycles. The van der Waals surface area contributed by atoms with E-state index in [0.29, 0.717) is 11.0 Å². The smallest absolute Gasteiger partial charge is 0.212 e. The van der Waals surface area contributed by atoms with E-state index < -0.39 is 5.23 Å². The number of fused-ring (bicyclic) bond motifs is 1. The van der Waals surface area contributed by atoms with Crippen LogP contribution in [0.25, 0.3) is 11.4 Å². The van der Waals surface area contributed by atoms with Crippen molar-refractivity contribution in [1.82, 2.24) is 14.9 Å². The minimum absolute atomic E-state index is 0.172. The topological polar surface area (TPSA) is 111 Å². The van der Waals surface area contributed by atoms with Gasteiger partial charge in [-0.25, -0.2) is 9.88 Å². The normalized spacial score (nSPS) is 17.3. The highest BCUT2D eigenvalue weighted by molar-refractivity contribution is 7.99. The maximum absolute atomic E-state index is 10.9. The Morgan fingerprint density at radius 1 is 1.12 bits per heavy atom. The van der Waals surface area contributed by atoms with Gasteiger partial charge in [-0.05, 0) is 18.2 Å². The highest BCUT2D eigenvalue weighted by Gasteiger charge is 2.29. The minimum atomic E-state index is -0.971. The molecule has 4 rings (SSSR count). The molecule has 0 spiro atoms. The van der Waals surface area contributed by atoms with Gasteiger partial charge in [-0.15, -0.1) is 10.2 Å². The zero-order valence-corrected chi connectivity index (χ0v) is 13.1. The number of nitrogens with zero attached hydrogens (tertiary/aromatic N) is 3. The Morgan fingerprint density at radius 2 is 1.88 bits per heavy atom. The third-order valence-electron chi connectivity index (χ3n) is 3.71. The van der Waals surface area contributed by atoms with Gasteiger partial charge in [0.25, 0.3) is 0 Å². The van der Waals surface area contributed by atoms with Gasteiger partial charge in [-0.3, -0.25) is 0 Å². The summed E-state index contributed by atoms with van der Waals surface area (Å²) in [5, 5.41) is 37.8. The third-order valence-corrected chi connectivity index (χ3v) is 4.78. The Bertz CT molecular complexity index is 881. The van der Waals surface area contributed by atoms with E-state index in [1.54, 1.807) is 28.9 Å². The van der Waals surface area contributed by atoms with Crippen LogP contribution in [-0.2, 0) is 0 Å². The van der Waals surface area contributed by atoms with Crippen molar-refractivity contribution in [3.63, 3.8) is 0 Å². The molecule has 4 N–H and O–H groups in total. The second-order valence-corrected chi connectivity index (χ2v) is 6.28. The van der Waals surface area contributed by atoms with Gasteiger partial charge >= 0.3 is 0 Å². The summed E-state index contributed by atoms with van der Waals surface area (Å²) in [7, 11) is 0. The summed E-state index contributed by atoms with van der Waals surface area (Å²) in [6, 6.07) is 13.6. The average Bonchev–Trinajstić information content (AvgIpc) is 3.16. The van der Waals surface area contributed by atoms with Crippen molar-refractivity contribution in [2.24, 2.45) is 0 Å². The predicted molar refractivity (Wildman–Crippen MR) is 87.3 cm³/mol. The number of rotatable bonds is 3. The Balaban J connectivity index is 1.64. The number of phenolic OH excluding ortho intramolecular Hbond substituents is 1. The molecule has 1 aliphatic heterocycles. The van der Waals surface area contributed by atoms with Crippen molar-refractivity contribution in [3.05, 3.63) is 59.3 Å². The lowest BCUT2D eigenvalue weighted by Crippen LogP contribution is -2.99. The van der Waals surface area contributed by atoms with Gasteiger partial charge in [0.2, 0.25) is 5.16 Å². The molecule has 0 saturated heterocycles. The van der Waals surface area contributed by atoms with Crippen LogP contribution in [0.15, 0.2) is 53.7 Å². The molecular weight excluding hydrogens is 330 g/mol. The molecule has 0 saturated carbocycles. The molecule has 0 aliphatic carbocycles. The van der Waals surface area contributed by atoms with Gasteiger partial charge in [-0.2, -0.15) is 5.23 Å². The Morgan fingerprint density at radius 3 is 2.58 bits per heavy atom. The first-order valence-corrected chi connectivity index (χ1v) is 8.01. The molecule has 0 bridgehead atoms. The molecule has 8 nitrogen and oxygen atoms in total. The zero-order valence-electron chi connectivity index (χ0n) is 12.2. The van der Waals surface area contributed by atoms with E-state index in [1.165, 1.54) is 23.9 Å². The van der Waals surface area contributed by atoms with Crippen molar-refractivity contribution >= 4 is 17.4 Å². The van der Waals surface area contributed by atoms with Crippen molar-refractivity contribution < 1.29 is 15.5 Å². The maximum Gasteiger partial charge on any atom is 0.212 e. The van der Waals surface area contributed by atoms with Crippen LogP contribution in [0.3, 0.4) is 0 Å². The number of para-hydroxylation sites is 1. The van der Waals surface area contributed by atoms with Crippen molar-refractivity contribution in [1.29, 1.82) is 0 Å². The van der Waals surface area contributed by atoms with E-state index in [0.717, 1.165) is 11.1 Å². The average molecular weight is 343 g/mol. The van der Waals surface area contributed by atoms with Crippen molar-refractivity contribution in [3.8, 4) is 17.1 Å². The Hall–Kier alpha value is -2.59. The summed E-state index contributed by atoms with van der Waals surface area (Å²) in [6.07, 6.45) is 0. The van der Waals surface area contributed by atoms with Gasteiger partial charge in [0.1, 0.15) is 11.1 Å². The number of hydrogen-bond acceptors (Lipinski definition) is 7. The standard InChI is InChI=1S/C15H13N5O3S/c21-12-4-2-1-3-11(12)14-18-19-13(16-17-15(19)24-14)9-5-7-10(8-6-9)20(22)23/h1-8,14,18,20-22H/t14-/m0/s1. The third kappa shape index (κ3) is 2.49. The van der Waals surface area contributed by atoms with Crippen molar-refractivity contribution in [2.75, 3.05) is 5.43 Å². The molecular formula is C15H13N5O3S. The zero-order chi connectivity index (χ0) is 16.7. The predicted octanol–water partition coefficient (Wildman–Crippen LogP) is 1.40. The van der Waals surface area contributed by atoms with Gasteiger partial charge in [0.15, 0.2) is 11.5 Å². The Labute approximate surface area is 140 Å². The molecule has 3 aromatic rings. The van der Waals surface area contributed by atoms with Crippen LogP contribution < -0.4 is 10.7 Å². The van der Waals surface area contributed by atoms with Gasteiger partial charge in [0, 0.05) is 23.3 Å². The summed E-state index contributed by atoms with van der Waals surface area (Å²) in [5.41, 5.74) is 4.99.